The second kappa shape index (κ2) is 4.93. The molecule has 5 heteroatoms. The van der Waals surface area contributed by atoms with Crippen molar-refractivity contribution in [2.45, 2.75) is 39.2 Å². The quantitative estimate of drug-likeness (QED) is 0.687. The number of ether oxygens (including phenoxy) is 1. The number of likely N-dealkylation sites (tertiary alicyclic amines) is 1. The van der Waals surface area contributed by atoms with Gasteiger partial charge >= 0.3 is 6.09 Å². The molecule has 2 rings (SSSR count). The van der Waals surface area contributed by atoms with Crippen LogP contribution >= 0.6 is 11.9 Å². The topological polar surface area (TPSA) is 32.8 Å². The number of hydrogen-bond acceptors (Lipinski definition) is 4. The maximum Gasteiger partial charge on any atom is 0.410 e. The van der Waals surface area contributed by atoms with E-state index in [4.69, 9.17) is 4.74 Å². The number of hydrogen-bond donors (Lipinski definition) is 0. The van der Waals surface area contributed by atoms with Gasteiger partial charge in [0.1, 0.15) is 5.60 Å². The van der Waals surface area contributed by atoms with Crippen LogP contribution in [0.2, 0.25) is 0 Å². The third-order valence-electron chi connectivity index (χ3n) is 3.75. The Balaban J connectivity index is 1.78. The number of amides is 1. The zero-order valence-corrected chi connectivity index (χ0v) is 12.7. The van der Waals surface area contributed by atoms with Crippen LogP contribution in [-0.2, 0) is 4.74 Å². The Morgan fingerprint density at radius 2 is 1.78 bits per heavy atom. The molecule has 0 bridgehead atoms. The highest BCUT2D eigenvalue weighted by Gasteiger charge is 2.47. The zero-order valence-electron chi connectivity index (χ0n) is 11.9. The van der Waals surface area contributed by atoms with Crippen molar-refractivity contribution in [1.82, 2.24) is 9.21 Å². The van der Waals surface area contributed by atoms with Gasteiger partial charge in [0, 0.05) is 31.6 Å². The number of piperidine rings is 1. The van der Waals surface area contributed by atoms with Crippen molar-refractivity contribution in [2.75, 3.05) is 32.4 Å². The summed E-state index contributed by atoms with van der Waals surface area (Å²) in [6.45, 7) is 9.78. The highest BCUT2D eigenvalue weighted by Crippen LogP contribution is 2.41. The van der Waals surface area contributed by atoms with Crippen molar-refractivity contribution in [1.29, 1.82) is 0 Å². The minimum absolute atomic E-state index is 0.152. The fourth-order valence-corrected chi connectivity index (χ4v) is 3.23. The predicted molar refractivity (Wildman–Crippen MR) is 74.6 cm³/mol. The summed E-state index contributed by atoms with van der Waals surface area (Å²) < 4.78 is 7.79. The molecule has 0 aromatic carbocycles. The van der Waals surface area contributed by atoms with Gasteiger partial charge in [-0.1, -0.05) is 11.9 Å². The SMILES string of the molecule is CSN1CCC2(CC1)CN(C(=O)OC(C)(C)C)C2. The van der Waals surface area contributed by atoms with Crippen molar-refractivity contribution < 1.29 is 9.53 Å². The van der Waals surface area contributed by atoms with Crippen LogP contribution in [0.15, 0.2) is 0 Å². The zero-order chi connectivity index (χ0) is 13.4. The lowest BCUT2D eigenvalue weighted by Crippen LogP contribution is -2.62. The summed E-state index contributed by atoms with van der Waals surface area (Å²) in [5.41, 5.74) is -0.00874. The first-order chi connectivity index (χ1) is 8.34. The molecule has 4 nitrogen and oxygen atoms in total. The highest BCUT2D eigenvalue weighted by atomic mass is 32.2. The minimum Gasteiger partial charge on any atom is -0.444 e. The maximum absolute atomic E-state index is 11.9. The molecule has 18 heavy (non-hydrogen) atoms. The number of carbonyl (C=O) groups is 1. The maximum atomic E-state index is 11.9. The molecule has 2 aliphatic rings. The van der Waals surface area contributed by atoms with Gasteiger partial charge in [0.15, 0.2) is 0 Å². The first-order valence-electron chi connectivity index (χ1n) is 6.61. The molecule has 0 unspecified atom stereocenters. The summed E-state index contributed by atoms with van der Waals surface area (Å²) in [5, 5.41) is 0. The van der Waals surface area contributed by atoms with Gasteiger partial charge < -0.3 is 9.64 Å². The third kappa shape index (κ3) is 3.12. The molecule has 0 atom stereocenters. The van der Waals surface area contributed by atoms with Gasteiger partial charge in [-0.3, -0.25) is 4.31 Å². The van der Waals surface area contributed by atoms with Gasteiger partial charge in [-0.05, 0) is 39.9 Å². The predicted octanol–water partition coefficient (Wildman–Crippen LogP) is 2.60. The van der Waals surface area contributed by atoms with Crippen LogP contribution in [0.5, 0.6) is 0 Å². The lowest BCUT2D eigenvalue weighted by atomic mass is 9.72. The molecule has 2 saturated heterocycles. The van der Waals surface area contributed by atoms with Gasteiger partial charge in [0.2, 0.25) is 0 Å². The fourth-order valence-electron chi connectivity index (χ4n) is 2.68. The Hall–Kier alpha value is -0.420. The molecule has 0 radical (unpaired) electrons. The Morgan fingerprint density at radius 1 is 1.22 bits per heavy atom. The van der Waals surface area contributed by atoms with Crippen LogP contribution in [0.3, 0.4) is 0 Å². The lowest BCUT2D eigenvalue weighted by Gasteiger charge is -2.53. The molecule has 1 spiro atoms. The van der Waals surface area contributed by atoms with Gasteiger partial charge in [-0.25, -0.2) is 4.79 Å². The van der Waals surface area contributed by atoms with Crippen LogP contribution in [-0.4, -0.2) is 53.3 Å². The molecule has 1 amide bonds. The van der Waals surface area contributed by atoms with Crippen molar-refractivity contribution >= 4 is 18.0 Å². The molecule has 2 heterocycles. The number of nitrogens with zero attached hydrogens (tertiary/aromatic N) is 2. The smallest absolute Gasteiger partial charge is 0.410 e. The van der Waals surface area contributed by atoms with E-state index in [1.807, 2.05) is 37.6 Å². The Bertz CT molecular complexity index is 311. The summed E-state index contributed by atoms with van der Waals surface area (Å²) in [6.07, 6.45) is 4.38. The van der Waals surface area contributed by atoms with E-state index in [-0.39, 0.29) is 11.7 Å². The van der Waals surface area contributed by atoms with Crippen molar-refractivity contribution in [3.8, 4) is 0 Å². The molecule has 2 aliphatic heterocycles. The number of carbonyl (C=O) groups excluding carboxylic acids is 1. The second-order valence-corrected chi connectivity index (χ2v) is 7.33. The van der Waals surface area contributed by atoms with Crippen LogP contribution in [0.4, 0.5) is 4.79 Å². The molecule has 0 aromatic heterocycles. The van der Waals surface area contributed by atoms with E-state index in [2.05, 4.69) is 10.6 Å². The van der Waals surface area contributed by atoms with Crippen LogP contribution in [0.1, 0.15) is 33.6 Å². The largest absolute Gasteiger partial charge is 0.444 e. The summed E-state index contributed by atoms with van der Waals surface area (Å²) >= 11 is 1.82. The summed E-state index contributed by atoms with van der Waals surface area (Å²) in [7, 11) is 0. The van der Waals surface area contributed by atoms with Crippen molar-refractivity contribution in [3.05, 3.63) is 0 Å². The van der Waals surface area contributed by atoms with Gasteiger partial charge in [-0.15, -0.1) is 0 Å². The minimum atomic E-state index is -0.387. The molecule has 0 aliphatic carbocycles. The van der Waals surface area contributed by atoms with E-state index in [9.17, 15) is 4.79 Å². The normalized spacial score (nSPS) is 23.9. The van der Waals surface area contributed by atoms with E-state index >= 15 is 0 Å². The fraction of sp³-hybridized carbons (Fsp3) is 0.923. The average molecular weight is 272 g/mol. The van der Waals surface area contributed by atoms with E-state index in [0.29, 0.717) is 5.41 Å². The summed E-state index contributed by atoms with van der Waals surface area (Å²) in [5.74, 6) is 0. The first-order valence-corrected chi connectivity index (χ1v) is 7.79. The van der Waals surface area contributed by atoms with Gasteiger partial charge in [0.05, 0.1) is 0 Å². The van der Waals surface area contributed by atoms with Crippen molar-refractivity contribution in [2.24, 2.45) is 5.41 Å². The lowest BCUT2D eigenvalue weighted by molar-refractivity contribution is -0.0514. The number of rotatable bonds is 1. The Morgan fingerprint density at radius 3 is 2.22 bits per heavy atom. The standard InChI is InChI=1S/C13H24N2O2S/c1-12(2,3)17-11(16)14-9-13(10-14)5-7-15(18-4)8-6-13/h5-10H2,1-4H3. The molecule has 0 aromatic rings. The molecular weight excluding hydrogens is 248 g/mol. The molecule has 2 fully saturated rings. The first kappa shape index (κ1) is 14.0. The van der Waals surface area contributed by atoms with E-state index in [1.54, 1.807) is 0 Å². The molecular formula is C13H24N2O2S. The highest BCUT2D eigenvalue weighted by molar-refractivity contribution is 7.96. The van der Waals surface area contributed by atoms with E-state index in [0.717, 1.165) is 26.2 Å². The average Bonchev–Trinajstić information content (AvgIpc) is 2.23. The summed E-state index contributed by atoms with van der Waals surface area (Å²) in [4.78, 5) is 13.7. The van der Waals surface area contributed by atoms with E-state index < -0.39 is 0 Å². The summed E-state index contributed by atoms with van der Waals surface area (Å²) in [6, 6.07) is 0. The molecule has 104 valence electrons. The van der Waals surface area contributed by atoms with Crippen molar-refractivity contribution in [3.63, 3.8) is 0 Å². The third-order valence-corrected chi connectivity index (χ3v) is 4.63. The van der Waals surface area contributed by atoms with Gasteiger partial charge in [0.25, 0.3) is 0 Å². The Kier molecular flexibility index (Phi) is 3.83. The molecule has 0 saturated carbocycles. The molecule has 0 N–H and O–H groups in total. The van der Waals surface area contributed by atoms with E-state index in [1.165, 1.54) is 12.8 Å². The monoisotopic (exact) mass is 272 g/mol. The Labute approximate surface area is 114 Å². The second-order valence-electron chi connectivity index (χ2n) is 6.45. The van der Waals surface area contributed by atoms with Gasteiger partial charge in [-0.2, -0.15) is 0 Å². The van der Waals surface area contributed by atoms with Crippen LogP contribution in [0, 0.1) is 5.41 Å². The van der Waals surface area contributed by atoms with Crippen LogP contribution < -0.4 is 0 Å². The van der Waals surface area contributed by atoms with Crippen LogP contribution in [0.25, 0.3) is 0 Å².